The van der Waals surface area contributed by atoms with Crippen LogP contribution in [0.2, 0.25) is 0 Å². The average molecular weight is 448 g/mol. The number of fused-ring (bicyclic) bond motifs is 2. The summed E-state index contributed by atoms with van der Waals surface area (Å²) in [7, 11) is 0. The van der Waals surface area contributed by atoms with E-state index in [2.05, 4.69) is 16.0 Å². The highest BCUT2D eigenvalue weighted by molar-refractivity contribution is 6.28. The Bertz CT molecular complexity index is 1010. The third-order valence-electron chi connectivity index (χ3n) is 6.59. The van der Waals surface area contributed by atoms with E-state index in [1.807, 2.05) is 0 Å². The van der Waals surface area contributed by atoms with E-state index in [0.717, 1.165) is 32.5 Å². The van der Waals surface area contributed by atoms with Gasteiger partial charge in [-0.25, -0.2) is 0 Å². The van der Waals surface area contributed by atoms with E-state index in [0.29, 0.717) is 40.4 Å². The van der Waals surface area contributed by atoms with Crippen molar-refractivity contribution >= 4 is 17.5 Å². The Labute approximate surface area is 195 Å². The number of hydrogen-bond acceptors (Lipinski definition) is 5. The fourth-order valence-corrected chi connectivity index (χ4v) is 4.72. The van der Waals surface area contributed by atoms with Crippen LogP contribution in [0.3, 0.4) is 0 Å². The van der Waals surface area contributed by atoms with Crippen molar-refractivity contribution in [3.05, 3.63) is 70.3 Å². The maximum absolute atomic E-state index is 12.8. The monoisotopic (exact) mass is 447 g/mol. The van der Waals surface area contributed by atoms with Crippen LogP contribution in [-0.2, 0) is 0 Å². The molecule has 6 heteroatoms. The Morgan fingerprint density at radius 1 is 0.758 bits per heavy atom. The molecule has 0 bridgehead atoms. The third kappa shape index (κ3) is 5.75. The van der Waals surface area contributed by atoms with Gasteiger partial charge in [-0.15, -0.1) is 0 Å². The van der Waals surface area contributed by atoms with Gasteiger partial charge in [-0.2, -0.15) is 0 Å². The molecule has 33 heavy (non-hydrogen) atoms. The van der Waals surface area contributed by atoms with Crippen LogP contribution in [-0.4, -0.2) is 49.7 Å². The zero-order chi connectivity index (χ0) is 23.0. The molecule has 2 aromatic carbocycles. The van der Waals surface area contributed by atoms with Crippen LogP contribution in [0.1, 0.15) is 87.1 Å². The van der Waals surface area contributed by atoms with Crippen molar-refractivity contribution < 1.29 is 14.4 Å². The van der Waals surface area contributed by atoms with Gasteiger partial charge in [0.2, 0.25) is 0 Å². The number of unbranched alkanes of at least 4 members (excludes halogenated alkanes) is 1. The number of benzene rings is 2. The number of rotatable bonds is 10. The molecule has 0 spiro atoms. The molecule has 0 unspecified atom stereocenters. The lowest BCUT2D eigenvalue weighted by atomic mass is 9.83. The minimum absolute atomic E-state index is 0.173. The molecule has 174 valence electrons. The Hall–Kier alpha value is -2.83. The second kappa shape index (κ2) is 11.3. The van der Waals surface area contributed by atoms with E-state index < -0.39 is 0 Å². The van der Waals surface area contributed by atoms with Crippen LogP contribution in [0.25, 0.3) is 0 Å². The summed E-state index contributed by atoms with van der Waals surface area (Å²) in [5, 5.41) is 10.00. The Balaban J connectivity index is 1.17. The molecule has 2 aliphatic carbocycles. The van der Waals surface area contributed by atoms with Crippen molar-refractivity contribution in [2.75, 3.05) is 26.2 Å². The molecule has 0 saturated heterocycles. The largest absolute Gasteiger partial charge is 0.352 e. The lowest BCUT2D eigenvalue weighted by molar-refractivity contribution is 0.0950. The van der Waals surface area contributed by atoms with E-state index in [9.17, 15) is 14.4 Å². The smallest absolute Gasteiger partial charge is 0.251 e. The van der Waals surface area contributed by atoms with Crippen LogP contribution in [0, 0.1) is 0 Å². The zero-order valence-corrected chi connectivity index (χ0v) is 19.1. The molecule has 1 amide bonds. The van der Waals surface area contributed by atoms with Gasteiger partial charge < -0.3 is 16.0 Å². The highest BCUT2D eigenvalue weighted by Gasteiger charge is 2.29. The highest BCUT2D eigenvalue weighted by Crippen LogP contribution is 2.27. The van der Waals surface area contributed by atoms with Crippen LogP contribution in [0.5, 0.6) is 0 Å². The van der Waals surface area contributed by atoms with Crippen LogP contribution < -0.4 is 16.0 Å². The third-order valence-corrected chi connectivity index (χ3v) is 6.59. The molecular formula is C27H33N3O3. The second-order valence-electron chi connectivity index (χ2n) is 8.97. The maximum atomic E-state index is 12.8. The van der Waals surface area contributed by atoms with Crippen molar-refractivity contribution in [2.24, 2.45) is 0 Å². The summed E-state index contributed by atoms with van der Waals surface area (Å²) in [5.41, 5.74) is 1.89. The first-order chi connectivity index (χ1) is 16.1. The summed E-state index contributed by atoms with van der Waals surface area (Å²) < 4.78 is 0. The molecule has 4 rings (SSSR count). The molecule has 1 saturated carbocycles. The molecule has 0 aliphatic heterocycles. The van der Waals surface area contributed by atoms with E-state index in [-0.39, 0.29) is 17.5 Å². The number of carbonyl (C=O) groups is 3. The van der Waals surface area contributed by atoms with Gasteiger partial charge in [0.1, 0.15) is 0 Å². The maximum Gasteiger partial charge on any atom is 0.251 e. The van der Waals surface area contributed by atoms with E-state index in [1.165, 1.54) is 32.1 Å². The van der Waals surface area contributed by atoms with Crippen molar-refractivity contribution in [1.82, 2.24) is 16.0 Å². The predicted octanol–water partition coefficient (Wildman–Crippen LogP) is 3.48. The van der Waals surface area contributed by atoms with Crippen LogP contribution in [0.15, 0.2) is 42.5 Å². The Morgan fingerprint density at radius 3 is 2.18 bits per heavy atom. The molecule has 0 atom stereocenters. The lowest BCUT2D eigenvalue weighted by Crippen LogP contribution is -2.36. The summed E-state index contributed by atoms with van der Waals surface area (Å²) in [5.74, 6) is -0.603. The molecule has 2 aliphatic rings. The normalized spacial score (nSPS) is 15.8. The molecule has 0 aromatic heterocycles. The van der Waals surface area contributed by atoms with E-state index in [4.69, 9.17) is 0 Å². The number of amides is 1. The summed E-state index contributed by atoms with van der Waals surface area (Å²) >= 11 is 0. The van der Waals surface area contributed by atoms with Gasteiger partial charge in [-0.05, 0) is 50.4 Å². The number of carbonyl (C=O) groups excluding carboxylic acids is 3. The van der Waals surface area contributed by atoms with Crippen LogP contribution in [0.4, 0.5) is 0 Å². The molecule has 2 aromatic rings. The number of hydrogen-bond donors (Lipinski definition) is 3. The predicted molar refractivity (Wildman–Crippen MR) is 129 cm³/mol. The van der Waals surface area contributed by atoms with Gasteiger partial charge in [0.05, 0.1) is 0 Å². The second-order valence-corrected chi connectivity index (χ2v) is 8.97. The van der Waals surface area contributed by atoms with Gasteiger partial charge in [-0.3, -0.25) is 14.4 Å². The minimum atomic E-state index is -0.221. The van der Waals surface area contributed by atoms with Gasteiger partial charge >= 0.3 is 0 Å². The molecule has 6 nitrogen and oxygen atoms in total. The first-order valence-corrected chi connectivity index (χ1v) is 12.2. The molecule has 0 heterocycles. The van der Waals surface area contributed by atoms with Gasteiger partial charge in [0, 0.05) is 53.5 Å². The van der Waals surface area contributed by atoms with Gasteiger partial charge in [0.15, 0.2) is 11.6 Å². The first-order valence-electron chi connectivity index (χ1n) is 12.2. The summed E-state index contributed by atoms with van der Waals surface area (Å²) in [6.45, 7) is 3.48. The average Bonchev–Trinajstić information content (AvgIpc) is 2.86. The van der Waals surface area contributed by atoms with Crippen molar-refractivity contribution in [2.45, 2.75) is 51.0 Å². The van der Waals surface area contributed by atoms with Gasteiger partial charge in [0.25, 0.3) is 5.91 Å². The summed E-state index contributed by atoms with van der Waals surface area (Å²) in [4.78, 5) is 38.1. The van der Waals surface area contributed by atoms with Crippen molar-refractivity contribution in [3.8, 4) is 0 Å². The number of ketones is 2. The van der Waals surface area contributed by atoms with Crippen molar-refractivity contribution in [3.63, 3.8) is 0 Å². The number of nitrogens with one attached hydrogen (secondary N) is 3. The summed E-state index contributed by atoms with van der Waals surface area (Å²) in [6, 6.07) is 12.3. The fourth-order valence-electron chi connectivity index (χ4n) is 4.72. The Kier molecular flexibility index (Phi) is 8.02. The van der Waals surface area contributed by atoms with E-state index in [1.54, 1.807) is 42.5 Å². The van der Waals surface area contributed by atoms with E-state index >= 15 is 0 Å². The first kappa shape index (κ1) is 23.3. The highest BCUT2D eigenvalue weighted by atomic mass is 16.2. The quantitative estimate of drug-likeness (QED) is 0.414. The fraction of sp³-hybridized carbons (Fsp3) is 0.444. The summed E-state index contributed by atoms with van der Waals surface area (Å²) in [6.07, 6.45) is 8.56. The molecule has 3 N–H and O–H groups in total. The van der Waals surface area contributed by atoms with Crippen LogP contribution >= 0.6 is 0 Å². The topological polar surface area (TPSA) is 87.3 Å². The standard InChI is InChI=1S/C27H33N3O3/c31-25-21-10-4-5-11-22(21)26(32)24-18-19(12-13-23(24)25)27(33)30-15-7-6-14-28-16-17-29-20-8-2-1-3-9-20/h4-5,10-13,18,20,28-29H,1-3,6-9,14-17H2,(H,30,33). The Morgan fingerprint density at radius 2 is 1.42 bits per heavy atom. The van der Waals surface area contributed by atoms with Crippen molar-refractivity contribution in [1.29, 1.82) is 0 Å². The lowest BCUT2D eigenvalue weighted by Gasteiger charge is -2.22. The molecule has 0 radical (unpaired) electrons. The van der Waals surface area contributed by atoms with Gasteiger partial charge in [-0.1, -0.05) is 43.5 Å². The molecule has 1 fully saturated rings. The zero-order valence-electron chi connectivity index (χ0n) is 19.1. The SMILES string of the molecule is O=C(NCCCCNCCNC1CCCCC1)c1ccc2c(c1)C(=O)c1ccccc1C2=O. The minimum Gasteiger partial charge on any atom is -0.352 e. The molecular weight excluding hydrogens is 414 g/mol.